The van der Waals surface area contributed by atoms with E-state index in [0.29, 0.717) is 17.7 Å². The van der Waals surface area contributed by atoms with Gasteiger partial charge in [0.15, 0.2) is 5.15 Å². The van der Waals surface area contributed by atoms with Crippen molar-refractivity contribution in [1.29, 1.82) is 0 Å². The molecular weight excluding hydrogens is 302 g/mol. The number of aromatic nitrogens is 1. The molecule has 2 heterocycles. The van der Waals surface area contributed by atoms with Crippen LogP contribution in [0.4, 0.5) is 11.4 Å². The largest absolute Gasteiger partial charge is 0.326 e. The van der Waals surface area contributed by atoms with Crippen LogP contribution in [0.3, 0.4) is 0 Å². The summed E-state index contributed by atoms with van der Waals surface area (Å²) in [4.78, 5) is 27.8. The molecule has 0 unspecified atom stereocenters. The van der Waals surface area contributed by atoms with Gasteiger partial charge in [-0.25, -0.2) is 4.98 Å². The van der Waals surface area contributed by atoms with E-state index in [1.807, 2.05) is 0 Å². The molecule has 22 heavy (non-hydrogen) atoms. The molecule has 0 saturated heterocycles. The van der Waals surface area contributed by atoms with Gasteiger partial charge in [0, 0.05) is 23.9 Å². The number of carbonyl (C=O) groups excluding carboxylic acids is 2. The number of fused-ring (bicyclic) bond motifs is 1. The summed E-state index contributed by atoms with van der Waals surface area (Å²) >= 11 is 5.94. The molecule has 2 amide bonds. The van der Waals surface area contributed by atoms with Crippen LogP contribution in [0.2, 0.25) is 5.15 Å². The van der Waals surface area contributed by atoms with Gasteiger partial charge in [0.2, 0.25) is 5.91 Å². The minimum Gasteiger partial charge on any atom is -0.326 e. The van der Waals surface area contributed by atoms with Crippen LogP contribution in [0.1, 0.15) is 28.8 Å². The van der Waals surface area contributed by atoms with E-state index in [1.165, 1.54) is 0 Å². The number of pyridine rings is 1. The van der Waals surface area contributed by atoms with Gasteiger partial charge in [-0.3, -0.25) is 9.59 Å². The summed E-state index contributed by atoms with van der Waals surface area (Å²) in [5.74, 6) is -0.244. The lowest BCUT2D eigenvalue weighted by molar-refractivity contribution is -0.116. The fourth-order valence-electron chi connectivity index (χ4n) is 2.39. The first-order chi connectivity index (χ1) is 10.6. The first-order valence-electron chi connectivity index (χ1n) is 6.98. The highest BCUT2D eigenvalue weighted by atomic mass is 35.5. The Bertz CT molecular complexity index is 746. The van der Waals surface area contributed by atoms with Gasteiger partial charge in [-0.05, 0) is 48.7 Å². The number of hydrogen-bond acceptors (Lipinski definition) is 3. The van der Waals surface area contributed by atoms with E-state index in [9.17, 15) is 9.59 Å². The highest BCUT2D eigenvalue weighted by Gasteiger charge is 2.15. The van der Waals surface area contributed by atoms with Crippen molar-refractivity contribution in [3.8, 4) is 0 Å². The lowest BCUT2D eigenvalue weighted by Gasteiger charge is -2.10. The van der Waals surface area contributed by atoms with Crippen molar-refractivity contribution in [3.63, 3.8) is 0 Å². The van der Waals surface area contributed by atoms with Gasteiger partial charge in [0.05, 0.1) is 5.69 Å². The molecule has 0 saturated carbocycles. The monoisotopic (exact) mass is 315 g/mol. The van der Waals surface area contributed by atoms with Crippen LogP contribution in [0.25, 0.3) is 0 Å². The third-order valence-corrected chi connectivity index (χ3v) is 3.80. The van der Waals surface area contributed by atoms with Crippen LogP contribution in [-0.2, 0) is 11.2 Å². The molecular formula is C16H14ClN3O2. The number of anilines is 2. The predicted octanol–water partition coefficient (Wildman–Crippen LogP) is 3.26. The molecule has 2 aromatic rings. The van der Waals surface area contributed by atoms with Gasteiger partial charge in [-0.1, -0.05) is 11.6 Å². The summed E-state index contributed by atoms with van der Waals surface area (Å²) in [6, 6.07) is 8.65. The Balaban J connectivity index is 1.83. The Hall–Kier alpha value is -2.40. The fraction of sp³-hybridized carbons (Fsp3) is 0.188. The molecule has 1 aliphatic heterocycles. The number of amides is 2. The second-order valence-corrected chi connectivity index (χ2v) is 5.43. The SMILES string of the molecule is O=C1CCCc2cc(C(=O)Nc3cccnc3Cl)ccc2N1. The molecule has 112 valence electrons. The lowest BCUT2D eigenvalue weighted by Crippen LogP contribution is -2.13. The topological polar surface area (TPSA) is 71.1 Å². The summed E-state index contributed by atoms with van der Waals surface area (Å²) in [6.45, 7) is 0. The van der Waals surface area contributed by atoms with E-state index in [0.717, 1.165) is 24.1 Å². The summed E-state index contributed by atoms with van der Waals surface area (Å²) in [5, 5.41) is 5.83. The molecule has 0 fully saturated rings. The highest BCUT2D eigenvalue weighted by molar-refractivity contribution is 6.32. The van der Waals surface area contributed by atoms with Crippen molar-refractivity contribution in [2.45, 2.75) is 19.3 Å². The normalized spacial score (nSPS) is 13.8. The van der Waals surface area contributed by atoms with Gasteiger partial charge < -0.3 is 10.6 Å². The zero-order valence-electron chi connectivity index (χ0n) is 11.7. The van der Waals surface area contributed by atoms with Gasteiger partial charge in [-0.2, -0.15) is 0 Å². The highest BCUT2D eigenvalue weighted by Crippen LogP contribution is 2.24. The zero-order valence-corrected chi connectivity index (χ0v) is 12.5. The first-order valence-corrected chi connectivity index (χ1v) is 7.36. The fourth-order valence-corrected chi connectivity index (χ4v) is 2.56. The van der Waals surface area contributed by atoms with Crippen molar-refractivity contribution in [3.05, 3.63) is 52.8 Å². The van der Waals surface area contributed by atoms with E-state index in [-0.39, 0.29) is 17.0 Å². The van der Waals surface area contributed by atoms with Crippen molar-refractivity contribution < 1.29 is 9.59 Å². The van der Waals surface area contributed by atoms with Gasteiger partial charge in [0.25, 0.3) is 5.91 Å². The van der Waals surface area contributed by atoms with Crippen LogP contribution in [-0.4, -0.2) is 16.8 Å². The van der Waals surface area contributed by atoms with E-state index in [4.69, 9.17) is 11.6 Å². The van der Waals surface area contributed by atoms with Crippen molar-refractivity contribution in [1.82, 2.24) is 4.98 Å². The first kappa shape index (κ1) is 14.5. The molecule has 1 aliphatic rings. The van der Waals surface area contributed by atoms with Gasteiger partial charge >= 0.3 is 0 Å². The number of hydrogen-bond donors (Lipinski definition) is 2. The average Bonchev–Trinajstić information content (AvgIpc) is 2.69. The molecule has 0 atom stereocenters. The maximum absolute atomic E-state index is 12.3. The summed E-state index contributed by atoms with van der Waals surface area (Å²) in [7, 11) is 0. The second kappa shape index (κ2) is 6.15. The van der Waals surface area contributed by atoms with E-state index in [2.05, 4.69) is 15.6 Å². The molecule has 0 spiro atoms. The molecule has 0 bridgehead atoms. The van der Waals surface area contributed by atoms with E-state index in [1.54, 1.807) is 36.5 Å². The zero-order chi connectivity index (χ0) is 15.5. The third kappa shape index (κ3) is 3.09. The quantitative estimate of drug-likeness (QED) is 0.836. The van der Waals surface area contributed by atoms with E-state index >= 15 is 0 Å². The Morgan fingerprint density at radius 2 is 2.14 bits per heavy atom. The number of aryl methyl sites for hydroxylation is 1. The van der Waals surface area contributed by atoms with Gasteiger partial charge in [-0.15, -0.1) is 0 Å². The standard InChI is InChI=1S/C16H14ClN3O2/c17-15-13(4-2-8-18-15)20-16(22)11-6-7-12-10(9-11)3-1-5-14(21)19-12/h2,4,6-9H,1,3,5H2,(H,19,21)(H,20,22). The molecule has 1 aromatic carbocycles. The average molecular weight is 316 g/mol. The van der Waals surface area contributed by atoms with Crippen molar-refractivity contribution in [2.24, 2.45) is 0 Å². The number of nitrogens with one attached hydrogen (secondary N) is 2. The van der Waals surface area contributed by atoms with Crippen LogP contribution >= 0.6 is 11.6 Å². The minimum absolute atomic E-state index is 0.0121. The lowest BCUT2D eigenvalue weighted by atomic mass is 10.0. The van der Waals surface area contributed by atoms with Crippen LogP contribution in [0.5, 0.6) is 0 Å². The van der Waals surface area contributed by atoms with Crippen LogP contribution < -0.4 is 10.6 Å². The van der Waals surface area contributed by atoms with Crippen LogP contribution in [0.15, 0.2) is 36.5 Å². The predicted molar refractivity (Wildman–Crippen MR) is 85.2 cm³/mol. The molecule has 0 aliphatic carbocycles. The Labute approximate surface area is 132 Å². The second-order valence-electron chi connectivity index (χ2n) is 5.07. The molecule has 3 rings (SSSR count). The Morgan fingerprint density at radius 1 is 1.27 bits per heavy atom. The number of benzene rings is 1. The van der Waals surface area contributed by atoms with Gasteiger partial charge in [0.1, 0.15) is 0 Å². The maximum Gasteiger partial charge on any atom is 0.255 e. The molecule has 1 aromatic heterocycles. The Morgan fingerprint density at radius 3 is 2.95 bits per heavy atom. The number of rotatable bonds is 2. The summed E-state index contributed by atoms with van der Waals surface area (Å²) < 4.78 is 0. The minimum atomic E-state index is -0.256. The van der Waals surface area contributed by atoms with Crippen molar-refractivity contribution >= 4 is 34.8 Å². The maximum atomic E-state index is 12.3. The summed E-state index contributed by atoms with van der Waals surface area (Å²) in [5.41, 5.74) is 2.74. The third-order valence-electron chi connectivity index (χ3n) is 3.50. The Kier molecular flexibility index (Phi) is 4.06. The number of halogens is 1. The molecule has 5 nitrogen and oxygen atoms in total. The molecule has 0 radical (unpaired) electrons. The smallest absolute Gasteiger partial charge is 0.255 e. The van der Waals surface area contributed by atoms with Crippen LogP contribution in [0, 0.1) is 0 Å². The van der Waals surface area contributed by atoms with E-state index < -0.39 is 0 Å². The number of nitrogens with zero attached hydrogens (tertiary/aromatic N) is 1. The molecule has 6 heteroatoms. The van der Waals surface area contributed by atoms with Crippen molar-refractivity contribution in [2.75, 3.05) is 10.6 Å². The molecule has 2 N–H and O–H groups in total. The number of carbonyl (C=O) groups is 2. The summed E-state index contributed by atoms with van der Waals surface area (Å²) in [6.07, 6.45) is 3.60.